The second-order valence-electron chi connectivity index (χ2n) is 1.97. The van der Waals surface area contributed by atoms with E-state index in [1.165, 1.54) is 10.8 Å². The normalized spacial score (nSPS) is 21.5. The van der Waals surface area contributed by atoms with E-state index in [4.69, 9.17) is 16.5 Å². The van der Waals surface area contributed by atoms with Gasteiger partial charge in [0.15, 0.2) is 5.76 Å². The monoisotopic (exact) mass is 156 g/mol. The van der Waals surface area contributed by atoms with Crippen LogP contribution in [0.3, 0.4) is 0 Å². The fraction of sp³-hybridized carbons (Fsp3) is 0.167. The van der Waals surface area contributed by atoms with Crippen molar-refractivity contribution in [3.05, 3.63) is 23.7 Å². The largest absolute Gasteiger partial charge is 0.486 e. The minimum Gasteiger partial charge on any atom is -0.486 e. The first-order valence-electron chi connectivity index (χ1n) is 2.90. The molecule has 2 aliphatic rings. The minimum absolute atomic E-state index is 0.591. The molecule has 0 aliphatic carbocycles. The topological polar surface area (TPSA) is 24.8 Å². The second-order valence-corrected chi connectivity index (χ2v) is 2.33. The summed E-state index contributed by atoms with van der Waals surface area (Å²) < 4.78 is 6.57. The van der Waals surface area contributed by atoms with Crippen LogP contribution in [0.2, 0.25) is 0 Å². The van der Waals surface area contributed by atoms with Crippen LogP contribution < -0.4 is 0 Å². The SMILES string of the molecule is ClN1C=NC=C2OCC=C21. The average Bonchev–Trinajstić information content (AvgIpc) is 2.36. The quantitative estimate of drug-likeness (QED) is 0.493. The van der Waals surface area contributed by atoms with Crippen LogP contribution in [0.5, 0.6) is 0 Å². The van der Waals surface area contributed by atoms with Crippen molar-refractivity contribution < 1.29 is 4.74 Å². The number of halogens is 1. The van der Waals surface area contributed by atoms with Crippen LogP contribution in [0.4, 0.5) is 0 Å². The molecule has 0 bridgehead atoms. The van der Waals surface area contributed by atoms with Gasteiger partial charge < -0.3 is 4.74 Å². The maximum atomic E-state index is 5.71. The van der Waals surface area contributed by atoms with Crippen LogP contribution >= 0.6 is 11.8 Å². The summed E-state index contributed by atoms with van der Waals surface area (Å²) in [6, 6.07) is 0. The van der Waals surface area contributed by atoms with Crippen molar-refractivity contribution in [3.63, 3.8) is 0 Å². The lowest BCUT2D eigenvalue weighted by molar-refractivity contribution is 0.270. The van der Waals surface area contributed by atoms with Gasteiger partial charge in [-0.25, -0.2) is 9.41 Å². The summed E-state index contributed by atoms with van der Waals surface area (Å²) >= 11 is 5.71. The van der Waals surface area contributed by atoms with E-state index < -0.39 is 0 Å². The first kappa shape index (κ1) is 5.80. The van der Waals surface area contributed by atoms with Gasteiger partial charge in [-0.05, 0) is 6.08 Å². The summed E-state index contributed by atoms with van der Waals surface area (Å²) in [4.78, 5) is 3.84. The van der Waals surface area contributed by atoms with Gasteiger partial charge in [0.05, 0.1) is 6.20 Å². The lowest BCUT2D eigenvalue weighted by atomic mass is 10.4. The number of nitrogens with zero attached hydrogens (tertiary/aromatic N) is 2. The minimum atomic E-state index is 0.591. The summed E-state index contributed by atoms with van der Waals surface area (Å²) in [7, 11) is 0. The predicted octanol–water partition coefficient (Wildman–Crippen LogP) is 1.24. The molecule has 3 nitrogen and oxygen atoms in total. The number of fused-ring (bicyclic) bond motifs is 1. The fourth-order valence-electron chi connectivity index (χ4n) is 0.903. The number of aliphatic imine (C=N–C) groups is 1. The molecule has 2 heterocycles. The standard InChI is InChI=1S/C6H5ClN2O/c7-9-4-8-3-6-5(9)1-2-10-6/h1,3-4H,2H2. The number of ether oxygens (including phenoxy) is 1. The molecule has 0 unspecified atom stereocenters. The number of rotatable bonds is 0. The lowest BCUT2D eigenvalue weighted by Crippen LogP contribution is -2.11. The summed E-state index contributed by atoms with van der Waals surface area (Å²) in [5.41, 5.74) is 0.886. The number of hydrogen-bond acceptors (Lipinski definition) is 3. The van der Waals surface area contributed by atoms with Gasteiger partial charge in [-0.15, -0.1) is 0 Å². The summed E-state index contributed by atoms with van der Waals surface area (Å²) in [6.45, 7) is 0.591. The van der Waals surface area contributed by atoms with E-state index >= 15 is 0 Å². The summed E-state index contributed by atoms with van der Waals surface area (Å²) in [5, 5.41) is 0. The molecule has 0 radical (unpaired) electrons. The third-order valence-electron chi connectivity index (χ3n) is 1.36. The Morgan fingerprint density at radius 1 is 1.70 bits per heavy atom. The van der Waals surface area contributed by atoms with Crippen LogP contribution in [-0.4, -0.2) is 17.4 Å². The third-order valence-corrected chi connectivity index (χ3v) is 1.63. The molecular weight excluding hydrogens is 152 g/mol. The highest BCUT2D eigenvalue weighted by Crippen LogP contribution is 2.25. The van der Waals surface area contributed by atoms with Crippen LogP contribution in [0, 0.1) is 0 Å². The zero-order valence-electron chi connectivity index (χ0n) is 5.12. The molecule has 0 aromatic rings. The van der Waals surface area contributed by atoms with Gasteiger partial charge >= 0.3 is 0 Å². The Labute approximate surface area is 63.4 Å². The van der Waals surface area contributed by atoms with Crippen LogP contribution in [0.15, 0.2) is 28.7 Å². The maximum absolute atomic E-state index is 5.71. The lowest BCUT2D eigenvalue weighted by Gasteiger charge is -2.13. The summed E-state index contributed by atoms with van der Waals surface area (Å²) in [5.74, 6) is 0.748. The molecule has 2 aliphatic heterocycles. The molecule has 10 heavy (non-hydrogen) atoms. The van der Waals surface area contributed by atoms with Crippen molar-refractivity contribution in [1.82, 2.24) is 4.42 Å². The van der Waals surface area contributed by atoms with Gasteiger partial charge in [-0.3, -0.25) is 0 Å². The molecule has 0 N–H and O–H groups in total. The zero-order chi connectivity index (χ0) is 6.97. The van der Waals surface area contributed by atoms with Gasteiger partial charge in [0, 0.05) is 11.8 Å². The molecular formula is C6H5ClN2O. The molecule has 4 heteroatoms. The molecule has 52 valence electrons. The Balaban J connectivity index is 2.39. The second kappa shape index (κ2) is 2.02. The highest BCUT2D eigenvalue weighted by Gasteiger charge is 2.19. The smallest absolute Gasteiger partial charge is 0.162 e. The third kappa shape index (κ3) is 0.708. The van der Waals surface area contributed by atoms with Crippen molar-refractivity contribution in [3.8, 4) is 0 Å². The highest BCUT2D eigenvalue weighted by atomic mass is 35.5. The maximum Gasteiger partial charge on any atom is 0.162 e. The predicted molar refractivity (Wildman–Crippen MR) is 38.3 cm³/mol. The molecule has 0 saturated heterocycles. The molecule has 0 amide bonds. The molecule has 0 atom stereocenters. The van der Waals surface area contributed by atoms with Gasteiger partial charge in [-0.2, -0.15) is 0 Å². The molecule has 0 fully saturated rings. The van der Waals surface area contributed by atoms with E-state index in [1.807, 2.05) is 6.08 Å². The van der Waals surface area contributed by atoms with E-state index in [2.05, 4.69) is 4.99 Å². The Morgan fingerprint density at radius 3 is 3.40 bits per heavy atom. The van der Waals surface area contributed by atoms with Gasteiger partial charge in [0.1, 0.15) is 18.6 Å². The Bertz CT molecular complexity index is 244. The van der Waals surface area contributed by atoms with E-state index in [0.717, 1.165) is 11.5 Å². The number of hydrogen-bond donors (Lipinski definition) is 0. The Morgan fingerprint density at radius 2 is 2.60 bits per heavy atom. The average molecular weight is 157 g/mol. The Hall–Kier alpha value is -0.960. The van der Waals surface area contributed by atoms with Crippen molar-refractivity contribution in [1.29, 1.82) is 0 Å². The van der Waals surface area contributed by atoms with Gasteiger partial charge in [-0.1, -0.05) is 0 Å². The molecule has 2 rings (SSSR count). The Kier molecular flexibility index (Phi) is 1.17. The van der Waals surface area contributed by atoms with Gasteiger partial charge in [0.2, 0.25) is 0 Å². The molecule has 0 aromatic heterocycles. The first-order chi connectivity index (χ1) is 4.88. The van der Waals surface area contributed by atoms with Crippen molar-refractivity contribution >= 4 is 18.1 Å². The molecule has 0 spiro atoms. The van der Waals surface area contributed by atoms with E-state index in [0.29, 0.717) is 6.61 Å². The van der Waals surface area contributed by atoms with Gasteiger partial charge in [0.25, 0.3) is 0 Å². The van der Waals surface area contributed by atoms with E-state index in [9.17, 15) is 0 Å². The summed E-state index contributed by atoms with van der Waals surface area (Å²) in [6.07, 6.45) is 5.09. The van der Waals surface area contributed by atoms with E-state index in [-0.39, 0.29) is 0 Å². The first-order valence-corrected chi connectivity index (χ1v) is 3.23. The highest BCUT2D eigenvalue weighted by molar-refractivity contribution is 6.20. The van der Waals surface area contributed by atoms with Crippen LogP contribution in [0.25, 0.3) is 0 Å². The fourth-order valence-corrected chi connectivity index (χ4v) is 1.11. The van der Waals surface area contributed by atoms with Crippen LogP contribution in [0.1, 0.15) is 0 Å². The van der Waals surface area contributed by atoms with E-state index in [1.54, 1.807) is 6.20 Å². The molecule has 0 saturated carbocycles. The van der Waals surface area contributed by atoms with Crippen molar-refractivity contribution in [2.24, 2.45) is 4.99 Å². The van der Waals surface area contributed by atoms with Crippen molar-refractivity contribution in [2.45, 2.75) is 0 Å². The zero-order valence-corrected chi connectivity index (χ0v) is 5.88. The van der Waals surface area contributed by atoms with Crippen LogP contribution in [-0.2, 0) is 4.74 Å². The van der Waals surface area contributed by atoms with Crippen molar-refractivity contribution in [2.75, 3.05) is 6.61 Å². The molecule has 0 aromatic carbocycles.